The highest BCUT2D eigenvalue weighted by Crippen LogP contribution is 2.11. The van der Waals surface area contributed by atoms with Crippen molar-refractivity contribution in [1.29, 1.82) is 0 Å². The van der Waals surface area contributed by atoms with E-state index in [4.69, 9.17) is 11.6 Å². The van der Waals surface area contributed by atoms with Crippen molar-refractivity contribution >= 4 is 17.6 Å². The third-order valence-electron chi connectivity index (χ3n) is 4.05. The molecular formula is C18H29ClN4. The van der Waals surface area contributed by atoms with Gasteiger partial charge in [0.25, 0.3) is 0 Å². The summed E-state index contributed by atoms with van der Waals surface area (Å²) in [6.45, 7) is 8.38. The highest BCUT2D eigenvalue weighted by atomic mass is 35.5. The molecule has 1 heterocycles. The summed E-state index contributed by atoms with van der Waals surface area (Å²) in [4.78, 5) is 7.19. The Labute approximate surface area is 145 Å². The zero-order valence-electron chi connectivity index (χ0n) is 14.2. The van der Waals surface area contributed by atoms with Crippen LogP contribution in [0.25, 0.3) is 0 Å². The predicted octanol–water partition coefficient (Wildman–Crippen LogP) is 3.27. The molecule has 1 aliphatic heterocycles. The van der Waals surface area contributed by atoms with Crippen LogP contribution in [0.1, 0.15) is 38.2 Å². The average Bonchev–Trinajstić information content (AvgIpc) is 3.05. The highest BCUT2D eigenvalue weighted by molar-refractivity contribution is 6.30. The Morgan fingerprint density at radius 3 is 2.78 bits per heavy atom. The fourth-order valence-electron chi connectivity index (χ4n) is 2.82. The lowest BCUT2D eigenvalue weighted by Crippen LogP contribution is -2.38. The zero-order valence-corrected chi connectivity index (χ0v) is 14.9. The minimum absolute atomic E-state index is 0.643. The Bertz CT molecular complexity index is 484. The number of rotatable bonds is 8. The second kappa shape index (κ2) is 10.5. The van der Waals surface area contributed by atoms with Gasteiger partial charge in [0, 0.05) is 18.1 Å². The quantitative estimate of drug-likeness (QED) is 0.435. The number of likely N-dealkylation sites (tertiary alicyclic amines) is 1. The fourth-order valence-corrected chi connectivity index (χ4v) is 3.03. The topological polar surface area (TPSA) is 39.7 Å². The van der Waals surface area contributed by atoms with E-state index in [1.807, 2.05) is 18.2 Å². The normalized spacial score (nSPS) is 15.8. The van der Waals surface area contributed by atoms with E-state index >= 15 is 0 Å². The van der Waals surface area contributed by atoms with Gasteiger partial charge in [-0.2, -0.15) is 0 Å². The second-order valence-corrected chi connectivity index (χ2v) is 6.44. The van der Waals surface area contributed by atoms with Crippen LogP contribution in [-0.2, 0) is 6.54 Å². The lowest BCUT2D eigenvalue weighted by Gasteiger charge is -2.15. The van der Waals surface area contributed by atoms with Gasteiger partial charge in [0.05, 0.1) is 6.54 Å². The van der Waals surface area contributed by atoms with E-state index in [1.165, 1.54) is 45.3 Å². The maximum atomic E-state index is 6.01. The Balaban J connectivity index is 1.68. The van der Waals surface area contributed by atoms with Crippen molar-refractivity contribution in [2.24, 2.45) is 4.99 Å². The van der Waals surface area contributed by atoms with Crippen molar-refractivity contribution in [2.75, 3.05) is 32.7 Å². The molecule has 2 N–H and O–H groups in total. The number of guanidine groups is 1. The van der Waals surface area contributed by atoms with Crippen LogP contribution < -0.4 is 10.6 Å². The number of halogens is 1. The van der Waals surface area contributed by atoms with Crippen LogP contribution in [0, 0.1) is 0 Å². The molecule has 0 aliphatic carbocycles. The van der Waals surface area contributed by atoms with E-state index in [9.17, 15) is 0 Å². The van der Waals surface area contributed by atoms with Crippen LogP contribution in [0.3, 0.4) is 0 Å². The van der Waals surface area contributed by atoms with Gasteiger partial charge >= 0.3 is 0 Å². The van der Waals surface area contributed by atoms with Gasteiger partial charge in [0.1, 0.15) is 0 Å². The molecule has 1 saturated heterocycles. The number of nitrogens with one attached hydrogen (secondary N) is 2. The SMILES string of the molecule is CCNC(=NCc1cccc(Cl)c1)NCCCCN1CCCC1. The van der Waals surface area contributed by atoms with Crippen molar-refractivity contribution in [3.8, 4) is 0 Å². The molecule has 0 atom stereocenters. The van der Waals surface area contributed by atoms with Gasteiger partial charge in [-0.3, -0.25) is 0 Å². The molecule has 0 saturated carbocycles. The van der Waals surface area contributed by atoms with Crippen LogP contribution in [0.15, 0.2) is 29.3 Å². The number of aliphatic imine (C=N–C) groups is 1. The maximum absolute atomic E-state index is 6.01. The molecule has 0 radical (unpaired) electrons. The van der Waals surface area contributed by atoms with Gasteiger partial charge in [-0.1, -0.05) is 23.7 Å². The number of unbranched alkanes of at least 4 members (excludes halogenated alkanes) is 1. The highest BCUT2D eigenvalue weighted by Gasteiger charge is 2.09. The summed E-state index contributed by atoms with van der Waals surface area (Å²) in [6, 6.07) is 7.87. The predicted molar refractivity (Wildman–Crippen MR) is 99.2 cm³/mol. The molecule has 4 nitrogen and oxygen atoms in total. The van der Waals surface area contributed by atoms with Crippen molar-refractivity contribution in [3.05, 3.63) is 34.9 Å². The molecule has 0 spiro atoms. The van der Waals surface area contributed by atoms with E-state index in [2.05, 4.69) is 33.5 Å². The number of benzene rings is 1. The summed E-state index contributed by atoms with van der Waals surface area (Å²) in [6.07, 6.45) is 5.18. The van der Waals surface area contributed by atoms with Crippen LogP contribution in [0.2, 0.25) is 5.02 Å². The summed E-state index contributed by atoms with van der Waals surface area (Å²) < 4.78 is 0. The van der Waals surface area contributed by atoms with Gasteiger partial charge in [0.2, 0.25) is 0 Å². The summed E-state index contributed by atoms with van der Waals surface area (Å²) in [7, 11) is 0. The molecule has 1 aromatic carbocycles. The smallest absolute Gasteiger partial charge is 0.191 e. The zero-order chi connectivity index (χ0) is 16.3. The molecule has 5 heteroatoms. The maximum Gasteiger partial charge on any atom is 0.191 e. The monoisotopic (exact) mass is 336 g/mol. The Kier molecular flexibility index (Phi) is 8.26. The van der Waals surface area contributed by atoms with Crippen LogP contribution in [0.5, 0.6) is 0 Å². The molecule has 1 aromatic rings. The van der Waals surface area contributed by atoms with Crippen molar-refractivity contribution in [2.45, 2.75) is 39.2 Å². The van der Waals surface area contributed by atoms with Gasteiger partial charge in [-0.05, 0) is 69.9 Å². The molecule has 0 aromatic heterocycles. The molecule has 1 fully saturated rings. The van der Waals surface area contributed by atoms with E-state index in [0.717, 1.165) is 29.6 Å². The second-order valence-electron chi connectivity index (χ2n) is 6.01. The molecule has 2 rings (SSSR count). The molecule has 1 aliphatic rings. The summed E-state index contributed by atoms with van der Waals surface area (Å²) >= 11 is 6.01. The molecule has 128 valence electrons. The summed E-state index contributed by atoms with van der Waals surface area (Å²) in [5.41, 5.74) is 1.13. The van der Waals surface area contributed by atoms with Crippen molar-refractivity contribution in [3.63, 3.8) is 0 Å². The Morgan fingerprint density at radius 2 is 2.04 bits per heavy atom. The van der Waals surface area contributed by atoms with E-state index < -0.39 is 0 Å². The largest absolute Gasteiger partial charge is 0.357 e. The fraction of sp³-hybridized carbons (Fsp3) is 0.611. The lowest BCUT2D eigenvalue weighted by molar-refractivity contribution is 0.330. The first-order chi connectivity index (χ1) is 11.3. The van der Waals surface area contributed by atoms with Crippen LogP contribution in [-0.4, -0.2) is 43.6 Å². The van der Waals surface area contributed by atoms with Crippen LogP contribution >= 0.6 is 11.6 Å². The van der Waals surface area contributed by atoms with Crippen molar-refractivity contribution < 1.29 is 0 Å². The molecular weight excluding hydrogens is 308 g/mol. The minimum atomic E-state index is 0.643. The van der Waals surface area contributed by atoms with Gasteiger partial charge in [-0.15, -0.1) is 0 Å². The van der Waals surface area contributed by atoms with E-state index in [0.29, 0.717) is 6.54 Å². The molecule has 0 unspecified atom stereocenters. The standard InChI is InChI=1S/C18H29ClN4/c1-2-20-18(22-15-16-8-7-9-17(19)14-16)21-10-3-4-11-23-12-5-6-13-23/h7-9,14H,2-6,10-13,15H2,1H3,(H2,20,21,22). The van der Waals surface area contributed by atoms with E-state index in [-0.39, 0.29) is 0 Å². The first-order valence-electron chi connectivity index (χ1n) is 8.77. The molecule has 23 heavy (non-hydrogen) atoms. The lowest BCUT2D eigenvalue weighted by atomic mass is 10.2. The number of nitrogens with zero attached hydrogens (tertiary/aromatic N) is 2. The number of hydrogen-bond donors (Lipinski definition) is 2. The van der Waals surface area contributed by atoms with Gasteiger partial charge in [0.15, 0.2) is 5.96 Å². The van der Waals surface area contributed by atoms with Gasteiger partial charge in [-0.25, -0.2) is 4.99 Å². The average molecular weight is 337 g/mol. The number of hydrogen-bond acceptors (Lipinski definition) is 2. The Hall–Kier alpha value is -1.26. The molecule has 0 amide bonds. The summed E-state index contributed by atoms with van der Waals surface area (Å²) in [5.74, 6) is 0.883. The summed E-state index contributed by atoms with van der Waals surface area (Å²) in [5, 5.41) is 7.47. The van der Waals surface area contributed by atoms with Crippen LogP contribution in [0.4, 0.5) is 0 Å². The van der Waals surface area contributed by atoms with E-state index in [1.54, 1.807) is 0 Å². The Morgan fingerprint density at radius 1 is 1.22 bits per heavy atom. The first kappa shape index (κ1) is 18.1. The van der Waals surface area contributed by atoms with Crippen molar-refractivity contribution in [1.82, 2.24) is 15.5 Å². The minimum Gasteiger partial charge on any atom is -0.357 e. The molecule has 0 bridgehead atoms. The third kappa shape index (κ3) is 7.23. The first-order valence-corrected chi connectivity index (χ1v) is 9.14. The van der Waals surface area contributed by atoms with Gasteiger partial charge < -0.3 is 15.5 Å². The third-order valence-corrected chi connectivity index (χ3v) is 4.28.